The van der Waals surface area contributed by atoms with Crippen LogP contribution < -0.4 is 5.32 Å². The zero-order valence-corrected chi connectivity index (χ0v) is 12.9. The van der Waals surface area contributed by atoms with Crippen LogP contribution in [0.25, 0.3) is 0 Å². The molecule has 0 bridgehead atoms. The third-order valence-electron chi connectivity index (χ3n) is 3.94. The lowest BCUT2D eigenvalue weighted by molar-refractivity contribution is -0.154. The van der Waals surface area contributed by atoms with Gasteiger partial charge in [0.25, 0.3) is 0 Å². The van der Waals surface area contributed by atoms with Crippen LogP contribution in [-0.4, -0.2) is 60.6 Å². The van der Waals surface area contributed by atoms with E-state index in [1.165, 1.54) is 0 Å². The molecule has 20 heavy (non-hydrogen) atoms. The topological polar surface area (TPSA) is 58.6 Å². The van der Waals surface area contributed by atoms with Crippen LogP contribution >= 0.6 is 11.8 Å². The minimum Gasteiger partial charge on any atom is -0.464 e. The summed E-state index contributed by atoms with van der Waals surface area (Å²) >= 11 is 1.72. The van der Waals surface area contributed by atoms with E-state index in [0.29, 0.717) is 31.2 Å². The summed E-state index contributed by atoms with van der Waals surface area (Å²) in [7, 11) is 0. The van der Waals surface area contributed by atoms with Crippen molar-refractivity contribution in [1.82, 2.24) is 10.2 Å². The van der Waals surface area contributed by atoms with Crippen LogP contribution in [0, 0.1) is 5.92 Å². The van der Waals surface area contributed by atoms with Crippen molar-refractivity contribution >= 4 is 23.6 Å². The molecule has 0 aliphatic carbocycles. The molecule has 114 valence electrons. The SMILES string of the molecule is CCOC(=O)C1CSCCN1C(=O)CCC1CCNC1. The number of hydrogen-bond donors (Lipinski definition) is 1. The molecule has 0 radical (unpaired) electrons. The quantitative estimate of drug-likeness (QED) is 0.764. The van der Waals surface area contributed by atoms with Crippen molar-refractivity contribution in [3.8, 4) is 0 Å². The van der Waals surface area contributed by atoms with Crippen molar-refractivity contribution in [1.29, 1.82) is 0 Å². The summed E-state index contributed by atoms with van der Waals surface area (Å²) in [5, 5.41) is 3.32. The minimum atomic E-state index is -0.386. The second-order valence-electron chi connectivity index (χ2n) is 5.33. The Morgan fingerprint density at radius 3 is 3.00 bits per heavy atom. The summed E-state index contributed by atoms with van der Waals surface area (Å²) in [4.78, 5) is 26.0. The molecule has 5 nitrogen and oxygen atoms in total. The third kappa shape index (κ3) is 4.12. The molecule has 2 rings (SSSR count). The number of esters is 1. The molecule has 0 aromatic carbocycles. The summed E-state index contributed by atoms with van der Waals surface area (Å²) in [5.74, 6) is 2.03. The summed E-state index contributed by atoms with van der Waals surface area (Å²) in [6.07, 6.45) is 2.63. The highest BCUT2D eigenvalue weighted by Crippen LogP contribution is 2.21. The van der Waals surface area contributed by atoms with E-state index < -0.39 is 0 Å². The van der Waals surface area contributed by atoms with Crippen LogP contribution in [0.3, 0.4) is 0 Å². The highest BCUT2D eigenvalue weighted by Gasteiger charge is 2.33. The molecule has 1 N–H and O–H groups in total. The molecule has 2 fully saturated rings. The van der Waals surface area contributed by atoms with Crippen LogP contribution in [0.4, 0.5) is 0 Å². The Hall–Kier alpha value is -0.750. The summed E-state index contributed by atoms with van der Waals surface area (Å²) in [6, 6.07) is -0.386. The average Bonchev–Trinajstić information content (AvgIpc) is 2.98. The van der Waals surface area contributed by atoms with E-state index in [0.717, 1.165) is 31.7 Å². The molecule has 2 aliphatic heterocycles. The van der Waals surface area contributed by atoms with Gasteiger partial charge in [-0.25, -0.2) is 4.79 Å². The lowest BCUT2D eigenvalue weighted by atomic mass is 10.0. The first-order valence-electron chi connectivity index (χ1n) is 7.47. The number of carbonyl (C=O) groups excluding carboxylic acids is 2. The van der Waals surface area contributed by atoms with E-state index in [-0.39, 0.29) is 17.9 Å². The summed E-state index contributed by atoms with van der Waals surface area (Å²) < 4.78 is 5.08. The fourth-order valence-corrected chi connectivity index (χ4v) is 3.80. The minimum absolute atomic E-state index is 0.107. The Kier molecular flexibility index (Phi) is 6.16. The zero-order chi connectivity index (χ0) is 14.4. The third-order valence-corrected chi connectivity index (χ3v) is 4.96. The Bertz CT molecular complexity index is 345. The normalized spacial score (nSPS) is 26.6. The Morgan fingerprint density at radius 1 is 1.45 bits per heavy atom. The van der Waals surface area contributed by atoms with Gasteiger partial charge in [-0.1, -0.05) is 0 Å². The van der Waals surface area contributed by atoms with Gasteiger partial charge >= 0.3 is 5.97 Å². The zero-order valence-electron chi connectivity index (χ0n) is 12.1. The molecule has 1 amide bonds. The number of nitrogens with zero attached hydrogens (tertiary/aromatic N) is 1. The number of hydrogen-bond acceptors (Lipinski definition) is 5. The number of ether oxygens (including phenoxy) is 1. The molecule has 2 atom stereocenters. The Balaban J connectivity index is 1.85. The van der Waals surface area contributed by atoms with Gasteiger partial charge in [-0.15, -0.1) is 0 Å². The van der Waals surface area contributed by atoms with Crippen molar-refractivity contribution in [3.63, 3.8) is 0 Å². The van der Waals surface area contributed by atoms with Crippen LogP contribution in [0.2, 0.25) is 0 Å². The molecular weight excluding hydrogens is 276 g/mol. The van der Waals surface area contributed by atoms with Crippen LogP contribution in [0.15, 0.2) is 0 Å². The van der Waals surface area contributed by atoms with Crippen molar-refractivity contribution in [2.45, 2.75) is 32.2 Å². The van der Waals surface area contributed by atoms with Gasteiger partial charge < -0.3 is 15.0 Å². The van der Waals surface area contributed by atoms with Gasteiger partial charge in [0.2, 0.25) is 5.91 Å². The number of nitrogens with one attached hydrogen (secondary N) is 1. The van der Waals surface area contributed by atoms with Crippen molar-refractivity contribution in [2.24, 2.45) is 5.92 Å². The molecule has 2 unspecified atom stereocenters. The first kappa shape index (κ1) is 15.6. The highest BCUT2D eigenvalue weighted by molar-refractivity contribution is 7.99. The fraction of sp³-hybridized carbons (Fsp3) is 0.857. The van der Waals surface area contributed by atoms with E-state index in [9.17, 15) is 9.59 Å². The van der Waals surface area contributed by atoms with Gasteiger partial charge in [-0.2, -0.15) is 11.8 Å². The second kappa shape index (κ2) is 7.88. The predicted molar refractivity (Wildman–Crippen MR) is 79.7 cm³/mol. The maximum absolute atomic E-state index is 12.4. The number of rotatable bonds is 5. The Labute approximate surface area is 124 Å². The first-order valence-corrected chi connectivity index (χ1v) is 8.62. The smallest absolute Gasteiger partial charge is 0.329 e. The molecule has 2 saturated heterocycles. The molecule has 6 heteroatoms. The van der Waals surface area contributed by atoms with Gasteiger partial charge in [-0.3, -0.25) is 4.79 Å². The van der Waals surface area contributed by atoms with Crippen molar-refractivity contribution in [2.75, 3.05) is 37.7 Å². The fourth-order valence-electron chi connectivity index (χ4n) is 2.77. The number of carbonyl (C=O) groups is 2. The van der Waals surface area contributed by atoms with E-state index in [2.05, 4.69) is 5.32 Å². The van der Waals surface area contributed by atoms with Crippen LogP contribution in [0.1, 0.15) is 26.2 Å². The van der Waals surface area contributed by atoms with Crippen LogP contribution in [0.5, 0.6) is 0 Å². The van der Waals surface area contributed by atoms with E-state index in [1.807, 2.05) is 0 Å². The first-order chi connectivity index (χ1) is 9.72. The number of amides is 1. The maximum Gasteiger partial charge on any atom is 0.329 e. The summed E-state index contributed by atoms with van der Waals surface area (Å²) in [6.45, 7) is 4.91. The van der Waals surface area contributed by atoms with Crippen molar-refractivity contribution < 1.29 is 14.3 Å². The molecule has 2 heterocycles. The molecule has 0 saturated carbocycles. The predicted octanol–water partition coefficient (Wildman–Crippen LogP) is 0.883. The van der Waals surface area contributed by atoms with E-state index in [1.54, 1.807) is 23.6 Å². The van der Waals surface area contributed by atoms with Crippen molar-refractivity contribution in [3.05, 3.63) is 0 Å². The van der Waals surface area contributed by atoms with Gasteiger partial charge in [0.05, 0.1) is 6.61 Å². The Morgan fingerprint density at radius 2 is 2.30 bits per heavy atom. The van der Waals surface area contributed by atoms with Gasteiger partial charge in [0, 0.05) is 24.5 Å². The number of thioether (sulfide) groups is 1. The highest BCUT2D eigenvalue weighted by atomic mass is 32.2. The standard InChI is InChI=1S/C14H24N2O3S/c1-2-19-14(18)12-10-20-8-7-16(12)13(17)4-3-11-5-6-15-9-11/h11-12,15H,2-10H2,1H3. The summed E-state index contributed by atoms with van der Waals surface area (Å²) in [5.41, 5.74) is 0. The van der Waals surface area contributed by atoms with Crippen LogP contribution in [-0.2, 0) is 14.3 Å². The van der Waals surface area contributed by atoms with Gasteiger partial charge in [0.15, 0.2) is 0 Å². The lowest BCUT2D eigenvalue weighted by Crippen LogP contribution is -2.51. The monoisotopic (exact) mass is 300 g/mol. The molecular formula is C14H24N2O3S. The molecule has 2 aliphatic rings. The van der Waals surface area contributed by atoms with Gasteiger partial charge in [0.1, 0.15) is 6.04 Å². The lowest BCUT2D eigenvalue weighted by Gasteiger charge is -2.34. The average molecular weight is 300 g/mol. The van der Waals surface area contributed by atoms with E-state index >= 15 is 0 Å². The molecule has 0 aromatic rings. The second-order valence-corrected chi connectivity index (χ2v) is 6.48. The molecule has 0 aromatic heterocycles. The molecule has 0 spiro atoms. The maximum atomic E-state index is 12.4. The largest absolute Gasteiger partial charge is 0.464 e. The van der Waals surface area contributed by atoms with E-state index in [4.69, 9.17) is 4.74 Å². The van der Waals surface area contributed by atoms with Gasteiger partial charge in [-0.05, 0) is 38.8 Å².